The van der Waals surface area contributed by atoms with Gasteiger partial charge in [0.1, 0.15) is 11.6 Å². The highest BCUT2D eigenvalue weighted by atomic mass is 32.2. The summed E-state index contributed by atoms with van der Waals surface area (Å²) in [7, 11) is 1.67. The molecule has 0 aliphatic heterocycles. The van der Waals surface area contributed by atoms with E-state index in [4.69, 9.17) is 10.5 Å². The zero-order valence-corrected chi connectivity index (χ0v) is 14.7. The third kappa shape index (κ3) is 5.09. The lowest BCUT2D eigenvalue weighted by molar-refractivity contribution is 0.414. The summed E-state index contributed by atoms with van der Waals surface area (Å²) in [6.45, 7) is 0. The molecule has 0 atom stereocenters. The average molecular weight is 353 g/mol. The minimum absolute atomic E-state index is 0.213. The van der Waals surface area contributed by atoms with Gasteiger partial charge < -0.3 is 15.8 Å². The van der Waals surface area contributed by atoms with Crippen LogP contribution in [0.5, 0.6) is 5.75 Å². The Labute approximate surface area is 150 Å². The smallest absolute Gasteiger partial charge is 0.232 e. The Morgan fingerprint density at radius 2 is 1.84 bits per heavy atom. The van der Waals surface area contributed by atoms with E-state index in [1.165, 1.54) is 5.56 Å². The second-order valence-electron chi connectivity index (χ2n) is 5.27. The molecule has 0 bridgehead atoms. The van der Waals surface area contributed by atoms with Crippen molar-refractivity contribution in [2.45, 2.75) is 11.5 Å². The Morgan fingerprint density at radius 3 is 2.64 bits per heavy atom. The number of rotatable bonds is 7. The third-order valence-corrected chi connectivity index (χ3v) is 4.36. The van der Waals surface area contributed by atoms with Crippen LogP contribution in [0.2, 0.25) is 0 Å². The molecule has 3 aromatic rings. The monoisotopic (exact) mass is 353 g/mol. The largest absolute Gasteiger partial charge is 0.497 e. The molecule has 128 valence electrons. The predicted molar refractivity (Wildman–Crippen MR) is 102 cm³/mol. The summed E-state index contributed by atoms with van der Waals surface area (Å²) in [5.41, 5.74) is 7.90. The van der Waals surface area contributed by atoms with E-state index in [0.717, 1.165) is 17.2 Å². The molecule has 0 radical (unpaired) electrons. The fraction of sp³-hybridized carbons (Fsp3) is 0.167. The molecular weight excluding hydrogens is 334 g/mol. The number of nitrogen functional groups attached to an aromatic ring is 1. The first-order valence-electron chi connectivity index (χ1n) is 7.76. The number of thioether (sulfide) groups is 1. The minimum Gasteiger partial charge on any atom is -0.497 e. The minimum atomic E-state index is 0.213. The Kier molecular flexibility index (Phi) is 5.69. The van der Waals surface area contributed by atoms with Gasteiger partial charge in [-0.1, -0.05) is 30.3 Å². The van der Waals surface area contributed by atoms with Crippen LogP contribution in [0.25, 0.3) is 0 Å². The summed E-state index contributed by atoms with van der Waals surface area (Å²) < 4.78 is 5.24. The van der Waals surface area contributed by atoms with Crippen LogP contribution in [0.4, 0.5) is 17.6 Å². The maximum Gasteiger partial charge on any atom is 0.232 e. The van der Waals surface area contributed by atoms with E-state index in [0.29, 0.717) is 17.5 Å². The summed E-state index contributed by atoms with van der Waals surface area (Å²) in [4.78, 5) is 12.8. The summed E-state index contributed by atoms with van der Waals surface area (Å²) in [5, 5.41) is 3.14. The van der Waals surface area contributed by atoms with Gasteiger partial charge in [-0.3, -0.25) is 0 Å². The Hall–Kier alpha value is -2.80. The number of methoxy groups -OCH3 is 1. The van der Waals surface area contributed by atoms with Gasteiger partial charge in [0.2, 0.25) is 11.9 Å². The summed E-state index contributed by atoms with van der Waals surface area (Å²) >= 11 is 1.71. The topological polar surface area (TPSA) is 86.0 Å². The predicted octanol–water partition coefficient (Wildman–Crippen LogP) is 3.64. The number of hydrogen-bond acceptors (Lipinski definition) is 7. The lowest BCUT2D eigenvalue weighted by Crippen LogP contribution is -2.06. The van der Waals surface area contributed by atoms with Crippen molar-refractivity contribution in [2.75, 3.05) is 18.2 Å². The summed E-state index contributed by atoms with van der Waals surface area (Å²) in [6, 6.07) is 17.7. The van der Waals surface area contributed by atoms with E-state index in [9.17, 15) is 0 Å². The summed E-state index contributed by atoms with van der Waals surface area (Å²) in [5.74, 6) is 3.66. The number of para-hydroxylation sites is 1. The molecule has 7 heteroatoms. The molecule has 1 aromatic heterocycles. The van der Waals surface area contributed by atoms with E-state index in [2.05, 4.69) is 26.3 Å². The molecule has 25 heavy (non-hydrogen) atoms. The maximum atomic E-state index is 5.81. The number of hydrogen-bond donors (Lipinski definition) is 2. The highest BCUT2D eigenvalue weighted by Crippen LogP contribution is 2.21. The first-order chi connectivity index (χ1) is 12.2. The highest BCUT2D eigenvalue weighted by Gasteiger charge is 2.06. The van der Waals surface area contributed by atoms with Crippen molar-refractivity contribution in [3.05, 3.63) is 66.0 Å². The first kappa shape index (κ1) is 17.0. The number of nitrogens with two attached hydrogens (primary N) is 1. The first-order valence-corrected chi connectivity index (χ1v) is 8.91. The van der Waals surface area contributed by atoms with Crippen molar-refractivity contribution >= 4 is 29.3 Å². The number of anilines is 3. The fourth-order valence-corrected chi connectivity index (χ4v) is 3.06. The number of nitrogens with zero attached hydrogens (tertiary/aromatic N) is 3. The average Bonchev–Trinajstić information content (AvgIpc) is 2.62. The molecule has 0 saturated heterocycles. The van der Waals surface area contributed by atoms with Gasteiger partial charge in [-0.25, -0.2) is 0 Å². The molecule has 2 aromatic carbocycles. The second kappa shape index (κ2) is 8.34. The van der Waals surface area contributed by atoms with Gasteiger partial charge in [0.15, 0.2) is 0 Å². The molecule has 0 fully saturated rings. The zero-order chi connectivity index (χ0) is 17.5. The summed E-state index contributed by atoms with van der Waals surface area (Å²) in [6.07, 6.45) is 0. The van der Waals surface area contributed by atoms with Crippen LogP contribution < -0.4 is 15.8 Å². The van der Waals surface area contributed by atoms with Crippen LogP contribution in [0.15, 0.2) is 54.6 Å². The van der Waals surface area contributed by atoms with Gasteiger partial charge in [-0.05, 0) is 29.8 Å². The van der Waals surface area contributed by atoms with Gasteiger partial charge in [0.05, 0.1) is 12.9 Å². The van der Waals surface area contributed by atoms with Crippen molar-refractivity contribution in [2.24, 2.45) is 0 Å². The second-order valence-corrected chi connectivity index (χ2v) is 6.25. The van der Waals surface area contributed by atoms with Crippen LogP contribution in [0.1, 0.15) is 11.4 Å². The van der Waals surface area contributed by atoms with Gasteiger partial charge in [0, 0.05) is 11.4 Å². The van der Waals surface area contributed by atoms with Crippen molar-refractivity contribution in [3.63, 3.8) is 0 Å². The van der Waals surface area contributed by atoms with Crippen molar-refractivity contribution in [3.8, 4) is 5.75 Å². The van der Waals surface area contributed by atoms with Crippen molar-refractivity contribution < 1.29 is 4.74 Å². The molecule has 0 saturated carbocycles. The quantitative estimate of drug-likeness (QED) is 0.670. The Bertz CT molecular complexity index is 829. The molecule has 0 amide bonds. The van der Waals surface area contributed by atoms with Crippen LogP contribution in [-0.4, -0.2) is 22.1 Å². The zero-order valence-electron chi connectivity index (χ0n) is 13.8. The molecule has 0 aliphatic rings. The van der Waals surface area contributed by atoms with E-state index in [1.807, 2.05) is 48.5 Å². The van der Waals surface area contributed by atoms with Crippen LogP contribution in [0.3, 0.4) is 0 Å². The van der Waals surface area contributed by atoms with Crippen molar-refractivity contribution in [1.82, 2.24) is 15.0 Å². The molecule has 0 aliphatic carbocycles. The number of ether oxygens (including phenoxy) is 1. The molecular formula is C18H19N5OS. The van der Waals surface area contributed by atoms with Gasteiger partial charge in [-0.15, -0.1) is 11.8 Å². The van der Waals surface area contributed by atoms with Gasteiger partial charge in [0.25, 0.3) is 0 Å². The fourth-order valence-electron chi connectivity index (χ4n) is 2.23. The van der Waals surface area contributed by atoms with Crippen LogP contribution in [0, 0.1) is 0 Å². The Morgan fingerprint density at radius 1 is 1.00 bits per heavy atom. The molecule has 0 unspecified atom stereocenters. The highest BCUT2D eigenvalue weighted by molar-refractivity contribution is 7.97. The number of benzene rings is 2. The van der Waals surface area contributed by atoms with Crippen molar-refractivity contribution in [1.29, 1.82) is 0 Å². The van der Waals surface area contributed by atoms with Crippen LogP contribution >= 0.6 is 11.8 Å². The van der Waals surface area contributed by atoms with Gasteiger partial charge >= 0.3 is 0 Å². The van der Waals surface area contributed by atoms with E-state index < -0.39 is 0 Å². The van der Waals surface area contributed by atoms with Gasteiger partial charge in [-0.2, -0.15) is 15.0 Å². The van der Waals surface area contributed by atoms with Crippen LogP contribution in [-0.2, 0) is 11.5 Å². The van der Waals surface area contributed by atoms with E-state index in [-0.39, 0.29) is 5.95 Å². The third-order valence-electron chi connectivity index (χ3n) is 3.36. The lowest BCUT2D eigenvalue weighted by atomic mass is 10.2. The molecule has 0 spiro atoms. The van der Waals surface area contributed by atoms with E-state index in [1.54, 1.807) is 18.9 Å². The number of aromatic nitrogens is 3. The lowest BCUT2D eigenvalue weighted by Gasteiger charge is -2.07. The maximum absolute atomic E-state index is 5.81. The SMILES string of the molecule is COc1cccc(CSCc2nc(N)nc(Nc3ccccc3)n2)c1. The normalized spacial score (nSPS) is 10.4. The molecule has 3 N–H and O–H groups in total. The van der Waals surface area contributed by atoms with E-state index >= 15 is 0 Å². The molecule has 6 nitrogen and oxygen atoms in total. The molecule has 1 heterocycles. The Balaban J connectivity index is 1.62. The number of nitrogens with one attached hydrogen (secondary N) is 1. The molecule has 3 rings (SSSR count). The standard InChI is InChI=1S/C18H19N5OS/c1-24-15-9-5-6-13(10-15)11-25-12-16-21-17(19)23-18(22-16)20-14-7-3-2-4-8-14/h2-10H,11-12H2,1H3,(H3,19,20,21,22,23).